The van der Waals surface area contributed by atoms with Crippen molar-refractivity contribution in [1.29, 1.82) is 0 Å². The Hall–Kier alpha value is -1.71. The molecule has 0 spiro atoms. The second kappa shape index (κ2) is 7.96. The van der Waals surface area contributed by atoms with Crippen LogP contribution in [-0.2, 0) is 10.0 Å². The number of hydrogen-bond donors (Lipinski definition) is 2. The lowest BCUT2D eigenvalue weighted by atomic mass is 9.86. The van der Waals surface area contributed by atoms with Gasteiger partial charge in [0, 0.05) is 31.9 Å². The first-order valence-corrected chi connectivity index (χ1v) is 11.7. The molecule has 154 valence electrons. The Bertz CT molecular complexity index is 907. The fourth-order valence-electron chi connectivity index (χ4n) is 4.76. The third kappa shape index (κ3) is 3.75. The summed E-state index contributed by atoms with van der Waals surface area (Å²) in [6, 6.07) is 2.12. The average molecular weight is 408 g/mol. The minimum atomic E-state index is -3.30. The van der Waals surface area contributed by atoms with Gasteiger partial charge in [0.05, 0.1) is 17.7 Å². The highest BCUT2D eigenvalue weighted by Gasteiger charge is 2.36. The number of aliphatic hydroxyl groups is 1. The maximum atomic E-state index is 12.8. The minimum Gasteiger partial charge on any atom is -0.395 e. The van der Waals surface area contributed by atoms with Gasteiger partial charge in [-0.25, -0.2) is 18.4 Å². The minimum absolute atomic E-state index is 0.0800. The molecule has 1 saturated heterocycles. The van der Waals surface area contributed by atoms with Crippen molar-refractivity contribution >= 4 is 26.9 Å². The molecule has 1 aliphatic heterocycles. The molecule has 8 nitrogen and oxygen atoms in total. The van der Waals surface area contributed by atoms with Gasteiger partial charge < -0.3 is 15.0 Å². The summed E-state index contributed by atoms with van der Waals surface area (Å²) < 4.78 is 27.2. The van der Waals surface area contributed by atoms with E-state index in [0.717, 1.165) is 55.4 Å². The first-order valence-electron chi connectivity index (χ1n) is 10.1. The van der Waals surface area contributed by atoms with Crippen molar-refractivity contribution in [2.45, 2.75) is 50.6 Å². The van der Waals surface area contributed by atoms with Gasteiger partial charge in [0.2, 0.25) is 10.0 Å². The predicted octanol–water partition coefficient (Wildman–Crippen LogP) is 1.74. The summed E-state index contributed by atoms with van der Waals surface area (Å²) in [6.45, 7) is 0.468. The molecule has 3 heterocycles. The number of hydrogen-bond acceptors (Lipinski definition) is 6. The van der Waals surface area contributed by atoms with E-state index in [0.29, 0.717) is 12.6 Å². The van der Waals surface area contributed by atoms with Crippen molar-refractivity contribution in [3.63, 3.8) is 0 Å². The molecule has 28 heavy (non-hydrogen) atoms. The Morgan fingerprint density at radius 1 is 1.25 bits per heavy atom. The van der Waals surface area contributed by atoms with Gasteiger partial charge in [-0.1, -0.05) is 0 Å². The summed E-state index contributed by atoms with van der Waals surface area (Å²) in [5, 5.41) is 10.5. The van der Waals surface area contributed by atoms with E-state index in [4.69, 9.17) is 0 Å². The van der Waals surface area contributed by atoms with Gasteiger partial charge in [-0.3, -0.25) is 0 Å². The summed E-state index contributed by atoms with van der Waals surface area (Å²) in [5.74, 6) is 1.31. The molecule has 1 saturated carbocycles. The summed E-state index contributed by atoms with van der Waals surface area (Å²) in [5.41, 5.74) is 0.834. The zero-order valence-electron chi connectivity index (χ0n) is 16.3. The van der Waals surface area contributed by atoms with E-state index in [-0.39, 0.29) is 24.3 Å². The monoisotopic (exact) mass is 407 g/mol. The van der Waals surface area contributed by atoms with Crippen LogP contribution in [0, 0.1) is 5.92 Å². The first-order chi connectivity index (χ1) is 13.5. The van der Waals surface area contributed by atoms with Gasteiger partial charge >= 0.3 is 0 Å². The number of H-pyrrole nitrogens is 1. The fraction of sp³-hybridized carbons (Fsp3) is 0.684. The number of rotatable bonds is 6. The SMILES string of the molecule is CN(c1ncnc2[nH]ccc12)C1CCC(CS(=O)(=O)N2CCC[C@@H]2CO)CC1. The standard InChI is InChI=1S/C19H29N5O3S/c1-23(19-17-8-9-20-18(17)21-13-22-19)15-6-4-14(5-7-15)12-28(26,27)24-10-2-3-16(24)11-25/h8-9,13-16,25H,2-7,10-12H2,1H3,(H,20,21,22)/t14?,15?,16-/m1/s1. The van der Waals surface area contributed by atoms with Crippen molar-refractivity contribution in [1.82, 2.24) is 19.3 Å². The normalized spacial score (nSPS) is 26.7. The van der Waals surface area contributed by atoms with Crippen molar-refractivity contribution in [2.24, 2.45) is 5.92 Å². The van der Waals surface area contributed by atoms with Crippen LogP contribution in [-0.4, -0.2) is 70.8 Å². The third-order valence-electron chi connectivity index (χ3n) is 6.37. The molecule has 0 bridgehead atoms. The van der Waals surface area contributed by atoms with E-state index in [1.807, 2.05) is 12.3 Å². The maximum Gasteiger partial charge on any atom is 0.214 e. The lowest BCUT2D eigenvalue weighted by Crippen LogP contribution is -2.42. The second-order valence-corrected chi connectivity index (χ2v) is 10.1. The molecule has 0 amide bonds. The van der Waals surface area contributed by atoms with E-state index < -0.39 is 10.0 Å². The van der Waals surface area contributed by atoms with Gasteiger partial charge in [-0.2, -0.15) is 4.31 Å². The van der Waals surface area contributed by atoms with E-state index in [1.165, 1.54) is 4.31 Å². The van der Waals surface area contributed by atoms with Crippen molar-refractivity contribution < 1.29 is 13.5 Å². The molecule has 2 aromatic rings. The maximum absolute atomic E-state index is 12.8. The number of nitrogens with one attached hydrogen (secondary N) is 1. The van der Waals surface area contributed by atoms with Gasteiger partial charge in [-0.05, 0) is 50.5 Å². The Morgan fingerprint density at radius 3 is 2.79 bits per heavy atom. The van der Waals surface area contributed by atoms with Crippen LogP contribution >= 0.6 is 0 Å². The molecule has 9 heteroatoms. The molecule has 0 unspecified atom stereocenters. The number of aromatic amines is 1. The van der Waals surface area contributed by atoms with E-state index >= 15 is 0 Å². The van der Waals surface area contributed by atoms with E-state index in [9.17, 15) is 13.5 Å². The van der Waals surface area contributed by atoms with Crippen LogP contribution in [0.5, 0.6) is 0 Å². The molecule has 4 rings (SSSR count). The number of sulfonamides is 1. The zero-order chi connectivity index (χ0) is 19.7. The van der Waals surface area contributed by atoms with Crippen LogP contribution in [0.15, 0.2) is 18.6 Å². The Labute approximate surface area is 166 Å². The van der Waals surface area contributed by atoms with Crippen LogP contribution in [0.25, 0.3) is 11.0 Å². The molecule has 2 aromatic heterocycles. The molecule has 2 aliphatic rings. The summed E-state index contributed by atoms with van der Waals surface area (Å²) in [7, 11) is -1.24. The molecule has 0 aromatic carbocycles. The van der Waals surface area contributed by atoms with E-state index in [1.54, 1.807) is 6.33 Å². The van der Waals surface area contributed by atoms with Crippen LogP contribution in [0.4, 0.5) is 5.82 Å². The van der Waals surface area contributed by atoms with Crippen LogP contribution in [0.1, 0.15) is 38.5 Å². The number of fused-ring (bicyclic) bond motifs is 1. The Balaban J connectivity index is 1.37. The Morgan fingerprint density at radius 2 is 2.04 bits per heavy atom. The van der Waals surface area contributed by atoms with Crippen LogP contribution in [0.2, 0.25) is 0 Å². The lowest BCUT2D eigenvalue weighted by molar-refractivity contribution is 0.212. The fourth-order valence-corrected chi connectivity index (χ4v) is 6.92. The molecule has 2 N–H and O–H groups in total. The number of aromatic nitrogens is 3. The summed E-state index contributed by atoms with van der Waals surface area (Å²) in [4.78, 5) is 14.1. The van der Waals surface area contributed by atoms with Crippen LogP contribution < -0.4 is 4.90 Å². The highest BCUT2D eigenvalue weighted by atomic mass is 32.2. The van der Waals surface area contributed by atoms with Gasteiger partial charge in [0.25, 0.3) is 0 Å². The van der Waals surface area contributed by atoms with Gasteiger partial charge in [0.1, 0.15) is 17.8 Å². The third-order valence-corrected chi connectivity index (χ3v) is 8.46. The lowest BCUT2D eigenvalue weighted by Gasteiger charge is -2.36. The summed E-state index contributed by atoms with van der Waals surface area (Å²) >= 11 is 0. The average Bonchev–Trinajstić information content (AvgIpc) is 3.36. The molecule has 1 aliphatic carbocycles. The zero-order valence-corrected chi connectivity index (χ0v) is 17.1. The largest absolute Gasteiger partial charge is 0.395 e. The Kier molecular flexibility index (Phi) is 5.57. The molecular formula is C19H29N5O3S. The smallest absolute Gasteiger partial charge is 0.214 e. The number of aliphatic hydroxyl groups excluding tert-OH is 1. The highest BCUT2D eigenvalue weighted by Crippen LogP contribution is 2.33. The van der Waals surface area contributed by atoms with Gasteiger partial charge in [-0.15, -0.1) is 0 Å². The second-order valence-electron chi connectivity index (χ2n) is 8.09. The van der Waals surface area contributed by atoms with Crippen LogP contribution in [0.3, 0.4) is 0 Å². The molecule has 0 radical (unpaired) electrons. The quantitative estimate of drug-likeness (QED) is 0.756. The molecule has 1 atom stereocenters. The summed E-state index contributed by atoms with van der Waals surface area (Å²) in [6.07, 6.45) is 8.76. The van der Waals surface area contributed by atoms with E-state index in [2.05, 4.69) is 26.9 Å². The predicted molar refractivity (Wildman–Crippen MR) is 109 cm³/mol. The topological polar surface area (TPSA) is 102 Å². The molecular weight excluding hydrogens is 378 g/mol. The molecule has 2 fully saturated rings. The van der Waals surface area contributed by atoms with Crippen molar-refractivity contribution in [3.8, 4) is 0 Å². The van der Waals surface area contributed by atoms with Gasteiger partial charge in [0.15, 0.2) is 0 Å². The van der Waals surface area contributed by atoms with Crippen molar-refractivity contribution in [3.05, 3.63) is 18.6 Å². The number of nitrogens with zero attached hydrogens (tertiary/aromatic N) is 4. The first kappa shape index (κ1) is 19.6. The van der Waals surface area contributed by atoms with Crippen molar-refractivity contribution in [2.75, 3.05) is 30.9 Å². The number of anilines is 1. The highest BCUT2D eigenvalue weighted by molar-refractivity contribution is 7.89.